The molecule has 0 unspecified atom stereocenters. The number of nitrogens with one attached hydrogen (secondary N) is 1. The fraction of sp³-hybridized carbons (Fsp3) is 0.286. The highest BCUT2D eigenvalue weighted by molar-refractivity contribution is 5.69. The average molecular weight is 124 g/mol. The lowest BCUT2D eigenvalue weighted by atomic mass is 10.3. The van der Waals surface area contributed by atoms with E-state index in [-0.39, 0.29) is 0 Å². The largest absolute Gasteiger partial charge is 0.399 e. The molecule has 0 aromatic carbocycles. The topological polar surface area (TPSA) is 49.9 Å². The van der Waals surface area contributed by atoms with Crippen molar-refractivity contribution in [3.05, 3.63) is 23.4 Å². The van der Waals surface area contributed by atoms with Crippen molar-refractivity contribution in [1.82, 2.24) is 0 Å². The summed E-state index contributed by atoms with van der Waals surface area (Å²) in [6, 6.07) is 0. The average Bonchev–Trinajstić information content (AvgIpc) is 1.63. The Hall–Kier alpha value is -1.05. The van der Waals surface area contributed by atoms with Gasteiger partial charge in [0, 0.05) is 11.9 Å². The van der Waals surface area contributed by atoms with Gasteiger partial charge in [-0.25, -0.2) is 0 Å². The van der Waals surface area contributed by atoms with Crippen LogP contribution in [0.3, 0.4) is 0 Å². The van der Waals surface area contributed by atoms with Crippen LogP contribution in [0.1, 0.15) is 13.8 Å². The standard InChI is InChI=1S/C7H12N2/c1-6(2)5-7(9)3-4-8/h3-5,8H,9H2,1-2H3/b7-3-,8-4?. The van der Waals surface area contributed by atoms with Gasteiger partial charge in [0.1, 0.15) is 0 Å². The number of allylic oxidation sites excluding steroid dienone is 3. The molecule has 2 nitrogen and oxygen atoms in total. The molecule has 0 atom stereocenters. The van der Waals surface area contributed by atoms with Crippen LogP contribution in [0.4, 0.5) is 0 Å². The second kappa shape index (κ2) is 3.89. The van der Waals surface area contributed by atoms with Crippen LogP contribution in [0.2, 0.25) is 0 Å². The molecule has 0 spiro atoms. The van der Waals surface area contributed by atoms with Gasteiger partial charge in [0.25, 0.3) is 0 Å². The van der Waals surface area contributed by atoms with Gasteiger partial charge in [-0.2, -0.15) is 0 Å². The zero-order valence-corrected chi connectivity index (χ0v) is 5.81. The van der Waals surface area contributed by atoms with E-state index < -0.39 is 0 Å². The van der Waals surface area contributed by atoms with Crippen molar-refractivity contribution >= 4 is 6.21 Å². The highest BCUT2D eigenvalue weighted by Gasteiger charge is 1.79. The third kappa shape index (κ3) is 4.81. The van der Waals surface area contributed by atoms with Gasteiger partial charge in [0.2, 0.25) is 0 Å². The molecule has 0 aromatic heterocycles. The monoisotopic (exact) mass is 124 g/mol. The SMILES string of the molecule is CC(C)=C/C(N)=C/C=N. The van der Waals surface area contributed by atoms with Crippen LogP contribution in [0, 0.1) is 5.41 Å². The van der Waals surface area contributed by atoms with Crippen molar-refractivity contribution in [3.8, 4) is 0 Å². The first kappa shape index (κ1) is 7.95. The van der Waals surface area contributed by atoms with E-state index in [4.69, 9.17) is 11.1 Å². The van der Waals surface area contributed by atoms with Gasteiger partial charge in [-0.15, -0.1) is 0 Å². The van der Waals surface area contributed by atoms with Gasteiger partial charge in [0.15, 0.2) is 0 Å². The van der Waals surface area contributed by atoms with Crippen LogP contribution in [-0.2, 0) is 0 Å². The zero-order valence-electron chi connectivity index (χ0n) is 5.81. The highest BCUT2D eigenvalue weighted by atomic mass is 14.6. The molecule has 0 radical (unpaired) electrons. The lowest BCUT2D eigenvalue weighted by Gasteiger charge is -1.89. The summed E-state index contributed by atoms with van der Waals surface area (Å²) >= 11 is 0. The molecule has 2 heteroatoms. The predicted octanol–water partition coefficient (Wildman–Crippen LogP) is 1.44. The van der Waals surface area contributed by atoms with E-state index in [1.165, 1.54) is 6.21 Å². The molecule has 3 N–H and O–H groups in total. The Bertz CT molecular complexity index is 150. The second-order valence-electron chi connectivity index (χ2n) is 2.06. The van der Waals surface area contributed by atoms with E-state index >= 15 is 0 Å². The van der Waals surface area contributed by atoms with Crippen molar-refractivity contribution < 1.29 is 0 Å². The Labute approximate surface area is 55.6 Å². The Morgan fingerprint density at radius 3 is 2.33 bits per heavy atom. The summed E-state index contributed by atoms with van der Waals surface area (Å²) in [7, 11) is 0. The molecule has 0 bridgehead atoms. The molecule has 0 saturated heterocycles. The Morgan fingerprint density at radius 1 is 1.44 bits per heavy atom. The Balaban J connectivity index is 4.05. The summed E-state index contributed by atoms with van der Waals surface area (Å²) < 4.78 is 0. The van der Waals surface area contributed by atoms with Crippen LogP contribution in [0.5, 0.6) is 0 Å². The van der Waals surface area contributed by atoms with E-state index in [2.05, 4.69) is 0 Å². The van der Waals surface area contributed by atoms with Gasteiger partial charge in [0.05, 0.1) is 0 Å². The van der Waals surface area contributed by atoms with Gasteiger partial charge in [-0.05, 0) is 26.0 Å². The van der Waals surface area contributed by atoms with E-state index in [0.29, 0.717) is 5.70 Å². The maximum atomic E-state index is 6.67. The smallest absolute Gasteiger partial charge is 0.0328 e. The maximum absolute atomic E-state index is 6.67. The number of nitrogens with two attached hydrogens (primary N) is 1. The summed E-state index contributed by atoms with van der Waals surface area (Å²) in [5.74, 6) is 0. The third-order valence-electron chi connectivity index (χ3n) is 0.731. The fourth-order valence-corrected chi connectivity index (χ4v) is 0.478. The summed E-state index contributed by atoms with van der Waals surface area (Å²) in [5, 5.41) is 6.67. The molecule has 9 heavy (non-hydrogen) atoms. The Morgan fingerprint density at radius 2 is 2.00 bits per heavy atom. The lowest BCUT2D eigenvalue weighted by Crippen LogP contribution is -1.92. The van der Waals surface area contributed by atoms with Crippen LogP contribution < -0.4 is 5.73 Å². The molecule has 0 rings (SSSR count). The minimum Gasteiger partial charge on any atom is -0.399 e. The molecule has 0 saturated carbocycles. The van der Waals surface area contributed by atoms with Crippen molar-refractivity contribution in [1.29, 1.82) is 5.41 Å². The van der Waals surface area contributed by atoms with E-state index in [9.17, 15) is 0 Å². The molecule has 0 aromatic rings. The first-order chi connectivity index (χ1) is 4.16. The van der Waals surface area contributed by atoms with Gasteiger partial charge < -0.3 is 11.1 Å². The summed E-state index contributed by atoms with van der Waals surface area (Å²) in [4.78, 5) is 0. The van der Waals surface area contributed by atoms with E-state index in [0.717, 1.165) is 5.57 Å². The van der Waals surface area contributed by atoms with Crippen LogP contribution >= 0.6 is 0 Å². The minimum absolute atomic E-state index is 0.630. The van der Waals surface area contributed by atoms with E-state index in [1.54, 1.807) is 6.08 Å². The first-order valence-electron chi connectivity index (χ1n) is 2.78. The first-order valence-corrected chi connectivity index (χ1v) is 2.78. The predicted molar refractivity (Wildman–Crippen MR) is 40.5 cm³/mol. The minimum atomic E-state index is 0.630. The van der Waals surface area contributed by atoms with Crippen molar-refractivity contribution in [2.75, 3.05) is 0 Å². The number of hydrogen-bond acceptors (Lipinski definition) is 2. The molecular formula is C7H12N2. The van der Waals surface area contributed by atoms with Crippen molar-refractivity contribution in [3.63, 3.8) is 0 Å². The third-order valence-corrected chi connectivity index (χ3v) is 0.731. The maximum Gasteiger partial charge on any atom is 0.0328 e. The second-order valence-corrected chi connectivity index (χ2v) is 2.06. The fourth-order valence-electron chi connectivity index (χ4n) is 0.478. The van der Waals surface area contributed by atoms with Crippen LogP contribution in [-0.4, -0.2) is 6.21 Å². The molecule has 0 fully saturated rings. The highest BCUT2D eigenvalue weighted by Crippen LogP contribution is 1.92. The zero-order chi connectivity index (χ0) is 7.28. The number of hydrogen-bond donors (Lipinski definition) is 2. The summed E-state index contributed by atoms with van der Waals surface area (Å²) in [5.41, 5.74) is 7.19. The van der Waals surface area contributed by atoms with Crippen molar-refractivity contribution in [2.24, 2.45) is 5.73 Å². The molecular weight excluding hydrogens is 112 g/mol. The van der Waals surface area contributed by atoms with Crippen LogP contribution in [0.25, 0.3) is 0 Å². The number of rotatable bonds is 2. The molecule has 50 valence electrons. The summed E-state index contributed by atoms with van der Waals surface area (Å²) in [6.45, 7) is 3.93. The van der Waals surface area contributed by atoms with Gasteiger partial charge >= 0.3 is 0 Å². The normalized spacial score (nSPS) is 10.7. The van der Waals surface area contributed by atoms with Gasteiger partial charge in [-0.3, -0.25) is 0 Å². The molecule has 0 heterocycles. The van der Waals surface area contributed by atoms with Gasteiger partial charge in [-0.1, -0.05) is 5.57 Å². The summed E-state index contributed by atoms with van der Waals surface area (Å²) in [6.07, 6.45) is 4.55. The quantitative estimate of drug-likeness (QED) is 0.424. The van der Waals surface area contributed by atoms with E-state index in [1.807, 2.05) is 19.9 Å². The van der Waals surface area contributed by atoms with Crippen molar-refractivity contribution in [2.45, 2.75) is 13.8 Å². The molecule has 0 aliphatic carbocycles. The van der Waals surface area contributed by atoms with Crippen LogP contribution in [0.15, 0.2) is 23.4 Å². The lowest BCUT2D eigenvalue weighted by molar-refractivity contribution is 1.32. The molecule has 0 amide bonds. The Kier molecular flexibility index (Phi) is 3.44. The molecule has 0 aliphatic heterocycles. The molecule has 0 aliphatic rings.